The molecule has 1 aromatic carbocycles. The molecule has 2 aliphatic rings. The average molecular weight is 280 g/mol. The Labute approximate surface area is 117 Å². The first-order valence-corrected chi connectivity index (χ1v) is 7.07. The molecule has 108 valence electrons. The van der Waals surface area contributed by atoms with E-state index in [1.807, 2.05) is 0 Å². The molecular weight excluding hydrogens is 262 g/mol. The third-order valence-corrected chi connectivity index (χ3v) is 4.37. The molecular formula is C15H18F2N2O. The maximum atomic E-state index is 13.9. The smallest absolute Gasteiger partial charge is 0.257 e. The van der Waals surface area contributed by atoms with Crippen LogP contribution in [0.15, 0.2) is 12.1 Å². The zero-order valence-corrected chi connectivity index (χ0v) is 11.5. The minimum atomic E-state index is -0.769. The monoisotopic (exact) mass is 280 g/mol. The maximum Gasteiger partial charge on any atom is 0.257 e. The SMILES string of the molecule is Cc1cc(C(=O)N2C3CCNCC2CC3)c(F)cc1F. The van der Waals surface area contributed by atoms with Crippen LogP contribution in [0.5, 0.6) is 0 Å². The highest BCUT2D eigenvalue weighted by atomic mass is 19.1. The van der Waals surface area contributed by atoms with E-state index >= 15 is 0 Å². The van der Waals surface area contributed by atoms with E-state index in [1.54, 1.807) is 11.8 Å². The number of amides is 1. The number of nitrogens with zero attached hydrogens (tertiary/aromatic N) is 1. The lowest BCUT2D eigenvalue weighted by molar-refractivity contribution is 0.0675. The van der Waals surface area contributed by atoms with Crippen LogP contribution in [-0.2, 0) is 0 Å². The lowest BCUT2D eigenvalue weighted by atomic mass is 10.1. The summed E-state index contributed by atoms with van der Waals surface area (Å²) in [7, 11) is 0. The topological polar surface area (TPSA) is 32.3 Å². The summed E-state index contributed by atoms with van der Waals surface area (Å²) < 4.78 is 27.2. The van der Waals surface area contributed by atoms with Gasteiger partial charge in [0.1, 0.15) is 11.6 Å². The van der Waals surface area contributed by atoms with Crippen molar-refractivity contribution in [2.45, 2.75) is 38.3 Å². The minimum absolute atomic E-state index is 0.0114. The van der Waals surface area contributed by atoms with Crippen molar-refractivity contribution in [3.63, 3.8) is 0 Å². The van der Waals surface area contributed by atoms with E-state index < -0.39 is 11.6 Å². The first-order chi connectivity index (χ1) is 9.58. The number of hydrogen-bond acceptors (Lipinski definition) is 2. The van der Waals surface area contributed by atoms with Gasteiger partial charge in [-0.05, 0) is 44.4 Å². The van der Waals surface area contributed by atoms with E-state index in [1.165, 1.54) is 6.07 Å². The molecule has 0 aliphatic carbocycles. The summed E-state index contributed by atoms with van der Waals surface area (Å²) >= 11 is 0. The van der Waals surface area contributed by atoms with E-state index in [0.29, 0.717) is 5.56 Å². The predicted octanol–water partition coefficient (Wildman–Crippen LogP) is 2.24. The number of nitrogens with one attached hydrogen (secondary N) is 1. The second kappa shape index (κ2) is 5.13. The van der Waals surface area contributed by atoms with E-state index in [0.717, 1.165) is 38.4 Å². The highest BCUT2D eigenvalue weighted by Crippen LogP contribution is 2.30. The number of fused-ring (bicyclic) bond motifs is 2. The molecule has 0 spiro atoms. The van der Waals surface area contributed by atoms with E-state index in [-0.39, 0.29) is 23.6 Å². The molecule has 2 fully saturated rings. The molecule has 1 aromatic rings. The fraction of sp³-hybridized carbons (Fsp3) is 0.533. The number of benzene rings is 1. The van der Waals surface area contributed by atoms with Crippen molar-refractivity contribution in [3.05, 3.63) is 34.9 Å². The fourth-order valence-corrected chi connectivity index (χ4v) is 3.27. The Morgan fingerprint density at radius 3 is 2.75 bits per heavy atom. The van der Waals surface area contributed by atoms with Gasteiger partial charge >= 0.3 is 0 Å². The van der Waals surface area contributed by atoms with E-state index in [4.69, 9.17) is 0 Å². The standard InChI is InChI=1S/C15H18F2N2O/c1-9-6-12(14(17)7-13(9)16)15(20)19-10-2-3-11(19)8-18-5-4-10/h6-7,10-11,18H,2-5,8H2,1H3. The second-order valence-electron chi connectivity index (χ2n) is 5.67. The van der Waals surface area contributed by atoms with Gasteiger partial charge in [0.15, 0.2) is 0 Å². The molecule has 3 rings (SSSR count). The molecule has 2 atom stereocenters. The number of carbonyl (C=O) groups is 1. The Morgan fingerprint density at radius 2 is 1.95 bits per heavy atom. The molecule has 1 amide bonds. The molecule has 2 unspecified atom stereocenters. The van der Waals surface area contributed by atoms with Crippen LogP contribution in [-0.4, -0.2) is 36.0 Å². The maximum absolute atomic E-state index is 13.9. The highest BCUT2D eigenvalue weighted by molar-refractivity contribution is 5.95. The quantitative estimate of drug-likeness (QED) is 0.855. The van der Waals surface area contributed by atoms with Crippen LogP contribution in [0.4, 0.5) is 8.78 Å². The molecule has 0 saturated carbocycles. The average Bonchev–Trinajstić information content (AvgIpc) is 2.66. The van der Waals surface area contributed by atoms with Gasteiger partial charge in [0, 0.05) is 24.7 Å². The summed E-state index contributed by atoms with van der Waals surface area (Å²) in [6.07, 6.45) is 2.81. The van der Waals surface area contributed by atoms with Crippen LogP contribution >= 0.6 is 0 Å². The van der Waals surface area contributed by atoms with Crippen molar-refractivity contribution >= 4 is 5.91 Å². The van der Waals surface area contributed by atoms with Crippen LogP contribution in [0, 0.1) is 18.6 Å². The van der Waals surface area contributed by atoms with E-state index in [9.17, 15) is 13.6 Å². The molecule has 20 heavy (non-hydrogen) atoms. The van der Waals surface area contributed by atoms with Crippen molar-refractivity contribution in [3.8, 4) is 0 Å². The lowest BCUT2D eigenvalue weighted by Gasteiger charge is -2.28. The summed E-state index contributed by atoms with van der Waals surface area (Å²) in [6.45, 7) is 3.18. The summed E-state index contributed by atoms with van der Waals surface area (Å²) in [5.74, 6) is -1.68. The second-order valence-corrected chi connectivity index (χ2v) is 5.67. The first-order valence-electron chi connectivity index (χ1n) is 7.07. The van der Waals surface area contributed by atoms with Gasteiger partial charge < -0.3 is 10.2 Å². The van der Waals surface area contributed by atoms with Crippen molar-refractivity contribution in [2.24, 2.45) is 0 Å². The Kier molecular flexibility index (Phi) is 3.46. The van der Waals surface area contributed by atoms with Crippen LogP contribution in [0.3, 0.4) is 0 Å². The molecule has 0 aromatic heterocycles. The van der Waals surface area contributed by atoms with Crippen molar-refractivity contribution in [2.75, 3.05) is 13.1 Å². The van der Waals surface area contributed by atoms with Gasteiger partial charge in [-0.25, -0.2) is 8.78 Å². The van der Waals surface area contributed by atoms with Gasteiger partial charge in [0.05, 0.1) is 5.56 Å². The van der Waals surface area contributed by atoms with Crippen molar-refractivity contribution in [1.29, 1.82) is 0 Å². The minimum Gasteiger partial charge on any atom is -0.331 e. The zero-order chi connectivity index (χ0) is 14.3. The van der Waals surface area contributed by atoms with Gasteiger partial charge in [-0.1, -0.05) is 0 Å². The number of halogens is 2. The largest absolute Gasteiger partial charge is 0.331 e. The Balaban J connectivity index is 1.94. The summed E-state index contributed by atoms with van der Waals surface area (Å²) in [5.41, 5.74) is 0.290. The molecule has 5 heteroatoms. The van der Waals surface area contributed by atoms with Gasteiger partial charge in [-0.2, -0.15) is 0 Å². The summed E-state index contributed by atoms with van der Waals surface area (Å²) in [6, 6.07) is 2.43. The third kappa shape index (κ3) is 2.20. The number of rotatable bonds is 1. The highest BCUT2D eigenvalue weighted by Gasteiger charge is 2.39. The first kappa shape index (κ1) is 13.5. The lowest BCUT2D eigenvalue weighted by Crippen LogP contribution is -2.42. The van der Waals surface area contributed by atoms with Gasteiger partial charge in [-0.3, -0.25) is 4.79 Å². The molecule has 2 aliphatic heterocycles. The Morgan fingerprint density at radius 1 is 1.20 bits per heavy atom. The fourth-order valence-electron chi connectivity index (χ4n) is 3.27. The van der Waals surface area contributed by atoms with Crippen LogP contribution < -0.4 is 5.32 Å². The van der Waals surface area contributed by atoms with Crippen LogP contribution in [0.25, 0.3) is 0 Å². The predicted molar refractivity (Wildman–Crippen MR) is 71.6 cm³/mol. The summed E-state index contributed by atoms with van der Waals surface area (Å²) in [5, 5.41) is 3.30. The van der Waals surface area contributed by atoms with Gasteiger partial charge in [-0.15, -0.1) is 0 Å². The van der Waals surface area contributed by atoms with Crippen molar-refractivity contribution in [1.82, 2.24) is 10.2 Å². The number of carbonyl (C=O) groups excluding carboxylic acids is 1. The van der Waals surface area contributed by atoms with E-state index in [2.05, 4.69) is 5.32 Å². The van der Waals surface area contributed by atoms with Gasteiger partial charge in [0.2, 0.25) is 0 Å². The zero-order valence-electron chi connectivity index (χ0n) is 11.5. The number of aryl methyl sites for hydroxylation is 1. The Bertz CT molecular complexity index is 533. The molecule has 2 heterocycles. The van der Waals surface area contributed by atoms with Crippen molar-refractivity contribution < 1.29 is 13.6 Å². The molecule has 2 saturated heterocycles. The molecule has 1 N–H and O–H groups in total. The molecule has 3 nitrogen and oxygen atoms in total. The Hall–Kier alpha value is -1.49. The third-order valence-electron chi connectivity index (χ3n) is 4.37. The molecule has 2 bridgehead atoms. The van der Waals surface area contributed by atoms with Crippen LogP contribution in [0.2, 0.25) is 0 Å². The van der Waals surface area contributed by atoms with Gasteiger partial charge in [0.25, 0.3) is 5.91 Å². The normalized spacial score (nSPS) is 25.6. The number of hydrogen-bond donors (Lipinski definition) is 1. The summed E-state index contributed by atoms with van der Waals surface area (Å²) in [4.78, 5) is 14.4. The van der Waals surface area contributed by atoms with Crippen LogP contribution in [0.1, 0.15) is 35.2 Å². The molecule has 0 radical (unpaired) electrons.